The van der Waals surface area contributed by atoms with Crippen molar-refractivity contribution in [2.75, 3.05) is 18.5 Å². The van der Waals surface area contributed by atoms with Crippen molar-refractivity contribution in [2.45, 2.75) is 78.6 Å². The molecular weight excluding hydrogens is 704 g/mol. The summed E-state index contributed by atoms with van der Waals surface area (Å²) in [6.45, 7) is 7.96. The molecule has 1 aromatic carbocycles. The SMILES string of the molecule is CC(=O)c1nn(CC(=O)N2[C@H]3CC4(CNC(=O)C(C)(C)CCCOCc5ccc(Br)nc5NC3=O)C[C@@H]24)c2ccc(-c3cnc(C)nc3)cc12. The molecule has 3 aliphatic rings. The van der Waals surface area contributed by atoms with Gasteiger partial charge in [-0.3, -0.25) is 23.9 Å². The summed E-state index contributed by atoms with van der Waals surface area (Å²) in [4.78, 5) is 69.2. The average Bonchev–Trinajstić information content (AvgIpc) is 3.50. The molecule has 1 saturated carbocycles. The predicted octanol–water partition coefficient (Wildman–Crippen LogP) is 4.61. The number of piperidine rings is 1. The number of carbonyl (C=O) groups excluding carboxylic acids is 4. The minimum atomic E-state index is -0.809. The summed E-state index contributed by atoms with van der Waals surface area (Å²) in [5, 5.41) is 11.3. The number of halogens is 1. The molecular formula is C36H39BrN8O5. The van der Waals surface area contributed by atoms with Crippen molar-refractivity contribution in [3.05, 3.63) is 64.4 Å². The number of hydrogen-bond acceptors (Lipinski definition) is 9. The molecule has 1 unspecified atom stereocenters. The van der Waals surface area contributed by atoms with Crippen molar-refractivity contribution in [3.8, 4) is 11.1 Å². The molecule has 50 heavy (non-hydrogen) atoms. The third kappa shape index (κ3) is 6.41. The largest absolute Gasteiger partial charge is 0.377 e. The molecule has 260 valence electrons. The minimum Gasteiger partial charge on any atom is -0.377 e. The second kappa shape index (κ2) is 13.0. The lowest BCUT2D eigenvalue weighted by Crippen LogP contribution is -2.47. The van der Waals surface area contributed by atoms with Crippen LogP contribution in [0, 0.1) is 17.8 Å². The summed E-state index contributed by atoms with van der Waals surface area (Å²) in [7, 11) is 0. The Morgan fingerprint density at radius 1 is 1.08 bits per heavy atom. The Morgan fingerprint density at radius 2 is 1.86 bits per heavy atom. The maximum Gasteiger partial charge on any atom is 0.248 e. The Bertz CT molecular complexity index is 2030. The van der Waals surface area contributed by atoms with E-state index in [4.69, 9.17) is 4.74 Å². The van der Waals surface area contributed by atoms with Gasteiger partial charge in [0.05, 0.1) is 12.1 Å². The third-order valence-electron chi connectivity index (χ3n) is 10.2. The fourth-order valence-electron chi connectivity index (χ4n) is 7.26. The summed E-state index contributed by atoms with van der Waals surface area (Å²) in [6.07, 6.45) is 5.84. The van der Waals surface area contributed by atoms with E-state index in [1.165, 1.54) is 11.6 Å². The lowest BCUT2D eigenvalue weighted by molar-refractivity contribution is -0.138. The van der Waals surface area contributed by atoms with Gasteiger partial charge in [-0.15, -0.1) is 0 Å². The molecule has 1 spiro atoms. The van der Waals surface area contributed by atoms with Gasteiger partial charge in [0.15, 0.2) is 5.78 Å². The number of fused-ring (bicyclic) bond motifs is 3. The van der Waals surface area contributed by atoms with Crippen LogP contribution in [0.25, 0.3) is 22.0 Å². The molecule has 13 nitrogen and oxygen atoms in total. The first-order valence-electron chi connectivity index (χ1n) is 16.8. The highest BCUT2D eigenvalue weighted by Gasteiger charge is 2.67. The minimum absolute atomic E-state index is 0.0638. The number of hydrogen-bond donors (Lipinski definition) is 2. The highest BCUT2D eigenvalue weighted by atomic mass is 79.9. The number of Topliss-reactive ketones (excluding diaryl/α,β-unsaturated/α-hetero) is 1. The van der Waals surface area contributed by atoms with Crippen molar-refractivity contribution in [2.24, 2.45) is 10.8 Å². The average molecular weight is 744 g/mol. The number of benzene rings is 1. The second-order valence-corrected chi connectivity index (χ2v) is 15.1. The molecule has 0 radical (unpaired) electrons. The van der Waals surface area contributed by atoms with Crippen LogP contribution >= 0.6 is 15.9 Å². The molecule has 2 N–H and O–H groups in total. The number of likely N-dealkylation sites (tertiary alicyclic amines) is 1. The lowest BCUT2D eigenvalue weighted by Gasteiger charge is -2.27. The maximum atomic E-state index is 14.3. The fourth-order valence-corrected chi connectivity index (χ4v) is 7.56. The Hall–Kier alpha value is -4.56. The number of nitrogens with zero attached hydrogens (tertiary/aromatic N) is 6. The smallest absolute Gasteiger partial charge is 0.248 e. The summed E-state index contributed by atoms with van der Waals surface area (Å²) in [5.41, 5.74) is 2.13. The van der Waals surface area contributed by atoms with Crippen molar-refractivity contribution in [3.63, 3.8) is 0 Å². The van der Waals surface area contributed by atoms with Crippen LogP contribution < -0.4 is 10.6 Å². The van der Waals surface area contributed by atoms with Crippen LogP contribution in [-0.4, -0.2) is 78.4 Å². The van der Waals surface area contributed by atoms with E-state index in [1.807, 2.05) is 45.0 Å². The molecule has 7 rings (SSSR count). The number of anilines is 1. The molecule has 14 heteroatoms. The fraction of sp³-hybridized carbons (Fsp3) is 0.444. The Kier molecular flexibility index (Phi) is 8.79. The van der Waals surface area contributed by atoms with Gasteiger partial charge in [-0.1, -0.05) is 26.0 Å². The van der Waals surface area contributed by atoms with Crippen LogP contribution in [0.4, 0.5) is 5.82 Å². The number of rotatable bonds is 4. The third-order valence-corrected chi connectivity index (χ3v) is 10.7. The van der Waals surface area contributed by atoms with E-state index in [1.54, 1.807) is 23.4 Å². The maximum absolute atomic E-state index is 14.3. The number of aryl methyl sites for hydroxylation is 1. The molecule has 3 amide bonds. The number of amides is 3. The molecule has 2 bridgehead atoms. The number of nitrogens with one attached hydrogen (secondary N) is 2. The van der Waals surface area contributed by atoms with Crippen LogP contribution in [0.15, 0.2) is 47.3 Å². The van der Waals surface area contributed by atoms with Gasteiger partial charge in [-0.25, -0.2) is 15.0 Å². The number of ether oxygens (including phenoxy) is 1. The molecule has 2 fully saturated rings. The Labute approximate surface area is 297 Å². The molecule has 1 saturated heterocycles. The van der Waals surface area contributed by atoms with E-state index < -0.39 is 16.9 Å². The topological polar surface area (TPSA) is 161 Å². The summed E-state index contributed by atoms with van der Waals surface area (Å²) < 4.78 is 8.01. The zero-order valence-corrected chi connectivity index (χ0v) is 30.0. The standard InChI is InChI=1S/C36H39BrN8O5/c1-20(46)31-25-12-22(24-15-38-21(2)39-16-24)6-8-26(25)44(43-31)17-30(47)45-27-13-36(14-28(36)45)19-40-34(49)35(3,4)10-5-11-50-18-23-7-9-29(37)41-32(23)42-33(27)48/h6-9,12,15-16,27-28H,5,10-11,13-14,17-19H2,1-4H3,(H,40,49)(H,41,42,48)/t27-,28+,36?/m0/s1. The first-order valence-corrected chi connectivity index (χ1v) is 17.6. The van der Waals surface area contributed by atoms with E-state index in [2.05, 4.69) is 46.6 Å². The van der Waals surface area contributed by atoms with Crippen LogP contribution in [-0.2, 0) is 32.3 Å². The molecule has 4 aromatic rings. The zero-order chi connectivity index (χ0) is 35.4. The van der Waals surface area contributed by atoms with E-state index in [-0.39, 0.29) is 48.4 Å². The van der Waals surface area contributed by atoms with Crippen LogP contribution in [0.3, 0.4) is 0 Å². The van der Waals surface area contributed by atoms with Crippen molar-refractivity contribution in [1.82, 2.24) is 34.9 Å². The predicted molar refractivity (Wildman–Crippen MR) is 188 cm³/mol. The monoisotopic (exact) mass is 742 g/mol. The molecule has 5 heterocycles. The van der Waals surface area contributed by atoms with Gasteiger partial charge in [-0.2, -0.15) is 5.10 Å². The first-order chi connectivity index (χ1) is 23.8. The van der Waals surface area contributed by atoms with E-state index in [0.29, 0.717) is 71.5 Å². The summed E-state index contributed by atoms with van der Waals surface area (Å²) in [5.74, 6) is 0.0484. The van der Waals surface area contributed by atoms with E-state index in [0.717, 1.165) is 11.1 Å². The van der Waals surface area contributed by atoms with Gasteiger partial charge < -0.3 is 20.3 Å². The van der Waals surface area contributed by atoms with Crippen molar-refractivity contribution < 1.29 is 23.9 Å². The van der Waals surface area contributed by atoms with Crippen LogP contribution in [0.2, 0.25) is 0 Å². The Morgan fingerprint density at radius 3 is 2.62 bits per heavy atom. The number of pyridine rings is 1. The van der Waals surface area contributed by atoms with E-state index >= 15 is 0 Å². The lowest BCUT2D eigenvalue weighted by atomic mass is 9.86. The van der Waals surface area contributed by atoms with Crippen molar-refractivity contribution in [1.29, 1.82) is 0 Å². The summed E-state index contributed by atoms with van der Waals surface area (Å²) >= 11 is 3.41. The number of carbonyl (C=O) groups is 4. The highest BCUT2D eigenvalue weighted by molar-refractivity contribution is 9.10. The van der Waals surface area contributed by atoms with Gasteiger partial charge in [0.2, 0.25) is 17.7 Å². The molecule has 1 aliphatic carbocycles. The number of ketones is 1. The van der Waals surface area contributed by atoms with Gasteiger partial charge in [0, 0.05) is 65.9 Å². The van der Waals surface area contributed by atoms with Crippen molar-refractivity contribution >= 4 is 56.2 Å². The van der Waals surface area contributed by atoms with Gasteiger partial charge in [0.25, 0.3) is 0 Å². The molecule has 2 aliphatic heterocycles. The second-order valence-electron chi connectivity index (χ2n) is 14.3. The highest BCUT2D eigenvalue weighted by Crippen LogP contribution is 2.59. The molecule has 3 aromatic heterocycles. The van der Waals surface area contributed by atoms with Gasteiger partial charge in [-0.05, 0) is 72.3 Å². The zero-order valence-electron chi connectivity index (χ0n) is 28.5. The van der Waals surface area contributed by atoms with Crippen LogP contribution in [0.5, 0.6) is 0 Å². The van der Waals surface area contributed by atoms with Gasteiger partial charge in [0.1, 0.15) is 34.5 Å². The summed E-state index contributed by atoms with van der Waals surface area (Å²) in [6, 6.07) is 8.15. The van der Waals surface area contributed by atoms with Gasteiger partial charge >= 0.3 is 0 Å². The van der Waals surface area contributed by atoms with E-state index in [9.17, 15) is 19.2 Å². The van der Waals surface area contributed by atoms with Crippen LogP contribution in [0.1, 0.15) is 68.3 Å². The number of aromatic nitrogens is 5. The Balaban J connectivity index is 1.21. The first kappa shape index (κ1) is 33.9. The quantitative estimate of drug-likeness (QED) is 0.225. The molecule has 3 atom stereocenters. The normalized spacial score (nSPS) is 23.5.